The van der Waals surface area contributed by atoms with Crippen molar-refractivity contribution in [3.05, 3.63) is 29.8 Å². The number of aliphatic hydroxyl groups excluding tert-OH is 1. The predicted octanol–water partition coefficient (Wildman–Crippen LogP) is 0.609. The maximum Gasteiger partial charge on any atom is 0.530 e. The van der Waals surface area contributed by atoms with Crippen LogP contribution in [-0.2, 0) is 29.6 Å². The molecule has 0 aliphatic carbocycles. The van der Waals surface area contributed by atoms with Crippen LogP contribution in [0.2, 0.25) is 0 Å². The van der Waals surface area contributed by atoms with E-state index in [9.17, 15) is 9.36 Å². The summed E-state index contributed by atoms with van der Waals surface area (Å²) in [6, 6.07) is 6.13. The van der Waals surface area contributed by atoms with E-state index in [1.807, 2.05) is 5.23 Å². The highest BCUT2D eigenvalue weighted by atomic mass is 31.2. The number of carbonyl (C=O) groups is 1. The van der Waals surface area contributed by atoms with Crippen molar-refractivity contribution in [2.45, 2.75) is 6.61 Å². The molecule has 12 heteroatoms. The maximum atomic E-state index is 12.4. The van der Waals surface area contributed by atoms with E-state index in [-0.39, 0.29) is 38.8 Å². The van der Waals surface area contributed by atoms with E-state index in [0.717, 1.165) is 0 Å². The first kappa shape index (κ1) is 20.5. The fraction of sp³-hybridized carbons (Fsp3) is 0.417. The Morgan fingerprint density at radius 3 is 2.42 bits per heavy atom. The lowest BCUT2D eigenvalue weighted by molar-refractivity contribution is 0.116. The molecule has 0 heterocycles. The number of rotatable bonds is 11. The summed E-state index contributed by atoms with van der Waals surface area (Å²) in [6.45, 7) is -0.745. The van der Waals surface area contributed by atoms with E-state index in [0.29, 0.717) is 5.56 Å². The van der Waals surface area contributed by atoms with Crippen molar-refractivity contribution in [1.29, 1.82) is 0 Å². The van der Waals surface area contributed by atoms with Gasteiger partial charge in [-0.05, 0) is 17.7 Å². The number of aliphatic hydroxyl groups is 1. The van der Waals surface area contributed by atoms with Gasteiger partial charge in [0.05, 0.1) is 26.4 Å². The van der Waals surface area contributed by atoms with Crippen LogP contribution in [0.4, 0.5) is 4.79 Å². The Balaban J connectivity index is 2.64. The summed E-state index contributed by atoms with van der Waals surface area (Å²) in [5.74, 6) is 0.192. The van der Waals surface area contributed by atoms with Crippen LogP contribution in [-0.4, -0.2) is 53.7 Å². The van der Waals surface area contributed by atoms with Gasteiger partial charge < -0.3 is 24.2 Å². The van der Waals surface area contributed by atoms with E-state index >= 15 is 0 Å². The Hall–Kier alpha value is -1.51. The van der Waals surface area contributed by atoms with E-state index < -0.39 is 13.9 Å². The molecular formula is C12H16B2NO8P. The summed E-state index contributed by atoms with van der Waals surface area (Å²) in [6.07, 6.45) is -0.771. The molecule has 24 heavy (non-hydrogen) atoms. The lowest BCUT2D eigenvalue weighted by Gasteiger charge is -2.18. The second-order valence-electron chi connectivity index (χ2n) is 4.16. The molecule has 0 aliphatic rings. The number of amides is 1. The molecule has 9 nitrogen and oxygen atoms in total. The molecule has 0 aromatic heterocycles. The van der Waals surface area contributed by atoms with Crippen LogP contribution >= 0.6 is 7.82 Å². The minimum atomic E-state index is -3.95. The number of phosphoric ester groups is 1. The standard InChI is InChI=1S/C12H16B2NO8P/c13-15-12(17)19-9-10-1-3-11(4-2-10)23-24(18,21-6-5-16)22-8-7-20-14/h1-4,16H,5-9H2,(H,15,17). The van der Waals surface area contributed by atoms with Gasteiger partial charge in [-0.2, -0.15) is 0 Å². The minimum absolute atomic E-state index is 0.00761. The Bertz CT molecular complexity index is 544. The molecule has 0 saturated carbocycles. The summed E-state index contributed by atoms with van der Waals surface area (Å²) in [4.78, 5) is 10.9. The Morgan fingerprint density at radius 2 is 1.83 bits per heavy atom. The molecule has 0 bridgehead atoms. The molecule has 1 atom stereocenters. The minimum Gasteiger partial charge on any atom is -0.446 e. The maximum absolute atomic E-state index is 12.4. The van der Waals surface area contributed by atoms with Gasteiger partial charge in [0.15, 0.2) is 0 Å². The number of benzene rings is 1. The molecule has 2 N–H and O–H groups in total. The van der Waals surface area contributed by atoms with Crippen molar-refractivity contribution < 1.29 is 37.4 Å². The van der Waals surface area contributed by atoms with Gasteiger partial charge in [-0.15, -0.1) is 0 Å². The van der Waals surface area contributed by atoms with Crippen LogP contribution < -0.4 is 9.75 Å². The van der Waals surface area contributed by atoms with E-state index in [1.165, 1.54) is 12.1 Å². The summed E-state index contributed by atoms with van der Waals surface area (Å²) in [7, 11) is 5.78. The quantitative estimate of drug-likeness (QED) is 0.337. The zero-order valence-electron chi connectivity index (χ0n) is 12.8. The predicted molar refractivity (Wildman–Crippen MR) is 84.4 cm³/mol. The van der Waals surface area contributed by atoms with Crippen LogP contribution in [0.15, 0.2) is 24.3 Å². The number of nitrogens with one attached hydrogen (secondary N) is 1. The molecule has 1 rings (SSSR count). The van der Waals surface area contributed by atoms with Crippen LogP contribution in [0.5, 0.6) is 5.75 Å². The van der Waals surface area contributed by atoms with Crippen molar-refractivity contribution in [2.75, 3.05) is 26.4 Å². The van der Waals surface area contributed by atoms with Crippen molar-refractivity contribution >= 4 is 29.9 Å². The third kappa shape index (κ3) is 7.85. The van der Waals surface area contributed by atoms with Crippen LogP contribution in [0.1, 0.15) is 5.56 Å². The van der Waals surface area contributed by atoms with Crippen molar-refractivity contribution in [1.82, 2.24) is 5.23 Å². The van der Waals surface area contributed by atoms with Crippen LogP contribution in [0.25, 0.3) is 0 Å². The number of phosphoric acid groups is 1. The topological polar surface area (TPSA) is 113 Å². The molecule has 4 radical (unpaired) electrons. The van der Waals surface area contributed by atoms with Gasteiger partial charge in [0.2, 0.25) is 7.98 Å². The largest absolute Gasteiger partial charge is 0.530 e. The first-order valence-corrected chi connectivity index (χ1v) is 8.22. The summed E-state index contributed by atoms with van der Waals surface area (Å²) < 4.78 is 36.6. The first-order chi connectivity index (χ1) is 11.5. The Labute approximate surface area is 142 Å². The highest BCUT2D eigenvalue weighted by molar-refractivity contribution is 7.48. The molecule has 0 fully saturated rings. The van der Waals surface area contributed by atoms with E-state index in [4.69, 9.17) is 39.4 Å². The van der Waals surface area contributed by atoms with Gasteiger partial charge in [-0.1, -0.05) is 12.1 Å². The first-order valence-electron chi connectivity index (χ1n) is 6.76. The number of carbonyl (C=O) groups excluding carboxylic acids is 1. The molecular weight excluding hydrogens is 339 g/mol. The summed E-state index contributed by atoms with van der Waals surface area (Å²) in [5, 5.41) is 10.6. The lowest BCUT2D eigenvalue weighted by atomic mass is 10.2. The van der Waals surface area contributed by atoms with Crippen molar-refractivity contribution in [2.24, 2.45) is 0 Å². The van der Waals surface area contributed by atoms with Crippen LogP contribution in [0.3, 0.4) is 0 Å². The van der Waals surface area contributed by atoms with E-state index in [1.54, 1.807) is 12.1 Å². The average molecular weight is 355 g/mol. The third-order valence-corrected chi connectivity index (χ3v) is 3.85. The van der Waals surface area contributed by atoms with Gasteiger partial charge >= 0.3 is 13.9 Å². The summed E-state index contributed by atoms with van der Waals surface area (Å²) >= 11 is 0. The van der Waals surface area contributed by atoms with Crippen molar-refractivity contribution in [3.8, 4) is 5.75 Å². The molecule has 0 saturated heterocycles. The number of hydrogen-bond donors (Lipinski definition) is 2. The zero-order chi connectivity index (χ0) is 17.8. The monoisotopic (exact) mass is 355 g/mol. The molecule has 0 aliphatic heterocycles. The Morgan fingerprint density at radius 1 is 1.17 bits per heavy atom. The normalized spacial score (nSPS) is 13.0. The van der Waals surface area contributed by atoms with Gasteiger partial charge in [0.1, 0.15) is 12.4 Å². The molecule has 128 valence electrons. The number of ether oxygens (including phenoxy) is 1. The second-order valence-corrected chi connectivity index (χ2v) is 5.76. The van der Waals surface area contributed by atoms with Crippen molar-refractivity contribution in [3.63, 3.8) is 0 Å². The summed E-state index contributed by atoms with van der Waals surface area (Å²) in [5.41, 5.74) is 0.648. The number of hydrogen-bond acceptors (Lipinski definition) is 8. The highest BCUT2D eigenvalue weighted by Gasteiger charge is 2.28. The molecule has 1 aromatic carbocycles. The lowest BCUT2D eigenvalue weighted by Crippen LogP contribution is -2.20. The third-order valence-electron chi connectivity index (χ3n) is 2.42. The van der Waals surface area contributed by atoms with Gasteiger partial charge in [-0.25, -0.2) is 9.36 Å². The molecule has 0 spiro atoms. The van der Waals surface area contributed by atoms with E-state index in [2.05, 4.69) is 4.65 Å². The van der Waals surface area contributed by atoms with Gasteiger partial charge in [-0.3, -0.25) is 9.05 Å². The smallest absolute Gasteiger partial charge is 0.446 e. The van der Waals surface area contributed by atoms with Gasteiger partial charge in [0, 0.05) is 0 Å². The second kappa shape index (κ2) is 11.1. The Kier molecular flexibility index (Phi) is 9.51. The molecule has 1 aromatic rings. The van der Waals surface area contributed by atoms with Gasteiger partial charge in [0.25, 0.3) is 8.05 Å². The molecule has 1 unspecified atom stereocenters. The SMILES string of the molecule is [B]NC(=O)OCc1ccc(OP(=O)(OCCO)OCCO[B])cc1. The fourth-order valence-electron chi connectivity index (χ4n) is 1.41. The fourth-order valence-corrected chi connectivity index (χ4v) is 2.57. The molecule has 1 amide bonds. The average Bonchev–Trinajstić information content (AvgIpc) is 2.59. The highest BCUT2D eigenvalue weighted by Crippen LogP contribution is 2.49. The van der Waals surface area contributed by atoms with Crippen LogP contribution in [0, 0.1) is 0 Å². The zero-order valence-corrected chi connectivity index (χ0v) is 13.6.